The Labute approximate surface area is 96.3 Å². The zero-order valence-corrected chi connectivity index (χ0v) is 9.81. The molecule has 0 aliphatic rings. The van der Waals surface area contributed by atoms with E-state index in [4.69, 9.17) is 5.73 Å². The Kier molecular flexibility index (Phi) is 4.92. The Morgan fingerprint density at radius 3 is 2.56 bits per heavy atom. The molecular formula is C12H19N3O. The third-order valence-corrected chi connectivity index (χ3v) is 2.32. The van der Waals surface area contributed by atoms with Gasteiger partial charge in [-0.25, -0.2) is 0 Å². The van der Waals surface area contributed by atoms with Gasteiger partial charge in [0.2, 0.25) is 0 Å². The zero-order valence-electron chi connectivity index (χ0n) is 9.81. The Balaban J connectivity index is 2.56. The van der Waals surface area contributed by atoms with Gasteiger partial charge in [-0.3, -0.25) is 9.78 Å². The molecule has 1 rings (SSSR count). The van der Waals surface area contributed by atoms with Crippen LogP contribution in [0, 0.1) is 5.92 Å². The predicted octanol–water partition coefficient (Wildman–Crippen LogP) is 1.18. The normalized spacial score (nSPS) is 12.5. The van der Waals surface area contributed by atoms with Crippen LogP contribution in [0.2, 0.25) is 0 Å². The minimum atomic E-state index is -0.0847. The zero-order chi connectivity index (χ0) is 12.0. The second kappa shape index (κ2) is 6.23. The molecule has 0 saturated carbocycles. The van der Waals surface area contributed by atoms with E-state index in [9.17, 15) is 4.79 Å². The number of nitrogens with zero attached hydrogens (tertiary/aromatic N) is 1. The van der Waals surface area contributed by atoms with Crippen molar-refractivity contribution in [3.05, 3.63) is 30.1 Å². The van der Waals surface area contributed by atoms with Gasteiger partial charge < -0.3 is 11.1 Å². The summed E-state index contributed by atoms with van der Waals surface area (Å²) in [6, 6.07) is 3.43. The second-order valence-electron chi connectivity index (χ2n) is 4.27. The van der Waals surface area contributed by atoms with Gasteiger partial charge in [0.15, 0.2) is 0 Å². The lowest BCUT2D eigenvalue weighted by molar-refractivity contribution is 0.0933. The van der Waals surface area contributed by atoms with E-state index in [0.717, 1.165) is 6.42 Å². The summed E-state index contributed by atoms with van der Waals surface area (Å²) in [6.45, 7) is 4.69. The summed E-state index contributed by atoms with van der Waals surface area (Å²) in [4.78, 5) is 15.7. The highest BCUT2D eigenvalue weighted by Crippen LogP contribution is 2.05. The molecule has 0 aliphatic carbocycles. The summed E-state index contributed by atoms with van der Waals surface area (Å²) < 4.78 is 0. The van der Waals surface area contributed by atoms with Crippen LogP contribution in [0.4, 0.5) is 0 Å². The van der Waals surface area contributed by atoms with Crippen LogP contribution >= 0.6 is 0 Å². The van der Waals surface area contributed by atoms with Crippen LogP contribution in [-0.2, 0) is 0 Å². The highest BCUT2D eigenvalue weighted by molar-refractivity contribution is 5.94. The van der Waals surface area contributed by atoms with Crippen LogP contribution in [0.5, 0.6) is 0 Å². The number of pyridine rings is 1. The number of aromatic nitrogens is 1. The molecule has 1 unspecified atom stereocenters. The fraction of sp³-hybridized carbons (Fsp3) is 0.500. The smallest absolute Gasteiger partial charge is 0.251 e. The van der Waals surface area contributed by atoms with E-state index in [-0.39, 0.29) is 11.9 Å². The summed E-state index contributed by atoms with van der Waals surface area (Å²) in [7, 11) is 0. The van der Waals surface area contributed by atoms with Gasteiger partial charge in [-0.05, 0) is 24.5 Å². The molecule has 4 heteroatoms. The molecule has 1 aromatic heterocycles. The number of hydrogen-bond acceptors (Lipinski definition) is 3. The monoisotopic (exact) mass is 221 g/mol. The Bertz CT molecular complexity index is 324. The SMILES string of the molecule is CC(C)CC(CN)NC(=O)c1ccncc1. The maximum Gasteiger partial charge on any atom is 0.251 e. The average molecular weight is 221 g/mol. The van der Waals surface area contributed by atoms with Crippen LogP contribution in [0.1, 0.15) is 30.6 Å². The van der Waals surface area contributed by atoms with E-state index >= 15 is 0 Å². The third kappa shape index (κ3) is 3.98. The van der Waals surface area contributed by atoms with Crippen molar-refractivity contribution in [3.8, 4) is 0 Å². The van der Waals surface area contributed by atoms with E-state index < -0.39 is 0 Å². The van der Waals surface area contributed by atoms with Gasteiger partial charge >= 0.3 is 0 Å². The van der Waals surface area contributed by atoms with Crippen molar-refractivity contribution in [3.63, 3.8) is 0 Å². The van der Waals surface area contributed by atoms with Crippen LogP contribution < -0.4 is 11.1 Å². The lowest BCUT2D eigenvalue weighted by atomic mass is 10.0. The van der Waals surface area contributed by atoms with Crippen molar-refractivity contribution in [2.45, 2.75) is 26.3 Å². The largest absolute Gasteiger partial charge is 0.348 e. The molecule has 0 fully saturated rings. The molecule has 88 valence electrons. The topological polar surface area (TPSA) is 68.0 Å². The number of amides is 1. The van der Waals surface area contributed by atoms with E-state index in [1.165, 1.54) is 0 Å². The molecule has 1 amide bonds. The van der Waals surface area contributed by atoms with Crippen LogP contribution in [0.25, 0.3) is 0 Å². The standard InChI is InChI=1S/C12H19N3O/c1-9(2)7-11(8-13)15-12(16)10-3-5-14-6-4-10/h3-6,9,11H,7-8,13H2,1-2H3,(H,15,16). The minimum Gasteiger partial charge on any atom is -0.348 e. The molecule has 1 aromatic rings. The molecule has 0 aromatic carbocycles. The number of nitrogens with two attached hydrogens (primary N) is 1. The number of nitrogens with one attached hydrogen (secondary N) is 1. The summed E-state index contributed by atoms with van der Waals surface area (Å²) in [5, 5.41) is 2.92. The van der Waals surface area contributed by atoms with Crippen molar-refractivity contribution in [1.82, 2.24) is 10.3 Å². The van der Waals surface area contributed by atoms with E-state index in [2.05, 4.69) is 24.1 Å². The fourth-order valence-electron chi connectivity index (χ4n) is 1.56. The molecule has 3 N–H and O–H groups in total. The van der Waals surface area contributed by atoms with E-state index in [1.54, 1.807) is 24.5 Å². The van der Waals surface area contributed by atoms with Crippen LogP contribution in [-0.4, -0.2) is 23.5 Å². The predicted molar refractivity (Wildman–Crippen MR) is 64.0 cm³/mol. The number of carbonyl (C=O) groups excluding carboxylic acids is 1. The Morgan fingerprint density at radius 2 is 2.06 bits per heavy atom. The summed E-state index contributed by atoms with van der Waals surface area (Å²) >= 11 is 0. The maximum absolute atomic E-state index is 11.8. The minimum absolute atomic E-state index is 0.0423. The first-order valence-electron chi connectivity index (χ1n) is 5.54. The van der Waals surface area contributed by atoms with Gasteiger partial charge in [-0.2, -0.15) is 0 Å². The quantitative estimate of drug-likeness (QED) is 0.784. The fourth-order valence-corrected chi connectivity index (χ4v) is 1.56. The van der Waals surface area contributed by atoms with Gasteiger partial charge in [0, 0.05) is 30.5 Å². The average Bonchev–Trinajstić information content (AvgIpc) is 2.28. The molecule has 0 radical (unpaired) electrons. The maximum atomic E-state index is 11.8. The summed E-state index contributed by atoms with van der Waals surface area (Å²) in [6.07, 6.45) is 4.11. The van der Waals surface area contributed by atoms with Gasteiger partial charge in [0.05, 0.1) is 0 Å². The van der Waals surface area contributed by atoms with Crippen LogP contribution in [0.15, 0.2) is 24.5 Å². The number of carbonyl (C=O) groups is 1. The van der Waals surface area contributed by atoms with Crippen molar-refractivity contribution < 1.29 is 4.79 Å². The number of rotatable bonds is 5. The highest BCUT2D eigenvalue weighted by atomic mass is 16.1. The van der Waals surface area contributed by atoms with Gasteiger partial charge in [-0.1, -0.05) is 13.8 Å². The van der Waals surface area contributed by atoms with E-state index in [1.807, 2.05) is 0 Å². The van der Waals surface area contributed by atoms with Crippen LogP contribution in [0.3, 0.4) is 0 Å². The van der Waals surface area contributed by atoms with Gasteiger partial charge in [0.1, 0.15) is 0 Å². The van der Waals surface area contributed by atoms with Crippen molar-refractivity contribution in [2.75, 3.05) is 6.54 Å². The summed E-state index contributed by atoms with van der Waals surface area (Å²) in [5.74, 6) is 0.435. The molecule has 16 heavy (non-hydrogen) atoms. The molecule has 4 nitrogen and oxygen atoms in total. The first-order chi connectivity index (χ1) is 7.63. The highest BCUT2D eigenvalue weighted by Gasteiger charge is 2.13. The first kappa shape index (κ1) is 12.6. The molecule has 0 aliphatic heterocycles. The molecule has 0 bridgehead atoms. The third-order valence-electron chi connectivity index (χ3n) is 2.32. The van der Waals surface area contributed by atoms with Gasteiger partial charge in [0.25, 0.3) is 5.91 Å². The van der Waals surface area contributed by atoms with Crippen molar-refractivity contribution in [2.24, 2.45) is 11.7 Å². The van der Waals surface area contributed by atoms with Crippen molar-refractivity contribution >= 4 is 5.91 Å². The summed E-state index contributed by atoms with van der Waals surface area (Å²) in [5.41, 5.74) is 6.24. The first-order valence-corrected chi connectivity index (χ1v) is 5.54. The van der Waals surface area contributed by atoms with Gasteiger partial charge in [-0.15, -0.1) is 0 Å². The Morgan fingerprint density at radius 1 is 1.44 bits per heavy atom. The lowest BCUT2D eigenvalue weighted by Crippen LogP contribution is -2.41. The molecule has 0 saturated heterocycles. The molecule has 1 heterocycles. The number of hydrogen-bond donors (Lipinski definition) is 2. The van der Waals surface area contributed by atoms with E-state index in [0.29, 0.717) is 18.0 Å². The molecule has 1 atom stereocenters. The second-order valence-corrected chi connectivity index (χ2v) is 4.27. The van der Waals surface area contributed by atoms with Crippen molar-refractivity contribution in [1.29, 1.82) is 0 Å². The lowest BCUT2D eigenvalue weighted by Gasteiger charge is -2.18. The molecular weight excluding hydrogens is 202 g/mol. The molecule has 0 spiro atoms. The Hall–Kier alpha value is -1.42.